The van der Waals surface area contributed by atoms with Gasteiger partial charge in [-0.3, -0.25) is 9.69 Å². The summed E-state index contributed by atoms with van der Waals surface area (Å²) < 4.78 is 4.97. The van der Waals surface area contributed by atoms with Crippen LogP contribution in [0.3, 0.4) is 0 Å². The Balaban J connectivity index is 4.01. The highest BCUT2D eigenvalue weighted by molar-refractivity contribution is 5.81. The number of nitrogens with zero attached hydrogens (tertiary/aromatic N) is 1. The first-order chi connectivity index (χ1) is 7.88. The summed E-state index contributed by atoms with van der Waals surface area (Å²) in [5.74, 6) is 0.512. The van der Waals surface area contributed by atoms with Crippen LogP contribution in [0.2, 0.25) is 0 Å². The molecule has 0 fully saturated rings. The van der Waals surface area contributed by atoms with E-state index < -0.39 is 0 Å². The Morgan fingerprint density at radius 2 is 2.00 bits per heavy atom. The van der Waals surface area contributed by atoms with Gasteiger partial charge in [0.1, 0.15) is 0 Å². The molecule has 5 heteroatoms. The van der Waals surface area contributed by atoms with Crippen LogP contribution >= 0.6 is 0 Å². The molecule has 0 saturated carbocycles. The molecule has 0 aliphatic heterocycles. The fraction of sp³-hybridized carbons (Fsp3) is 0.917. The first kappa shape index (κ1) is 16.4. The highest BCUT2D eigenvalue weighted by Gasteiger charge is 2.19. The number of likely N-dealkylation sites (N-methyl/N-ethyl adjacent to an activating group) is 1. The number of hydrogen-bond acceptors (Lipinski definition) is 4. The van der Waals surface area contributed by atoms with Crippen LogP contribution < -0.4 is 11.1 Å². The fourth-order valence-corrected chi connectivity index (χ4v) is 1.45. The number of carbonyl (C=O) groups is 1. The molecule has 0 rings (SSSR count). The van der Waals surface area contributed by atoms with Crippen LogP contribution in [0.1, 0.15) is 20.8 Å². The second-order valence-corrected chi connectivity index (χ2v) is 4.97. The van der Waals surface area contributed by atoms with Crippen molar-refractivity contribution in [2.75, 3.05) is 33.9 Å². The van der Waals surface area contributed by atoms with Crippen LogP contribution in [0.5, 0.6) is 0 Å². The van der Waals surface area contributed by atoms with Crippen molar-refractivity contribution in [2.24, 2.45) is 11.7 Å². The van der Waals surface area contributed by atoms with Gasteiger partial charge in [0.25, 0.3) is 0 Å². The lowest BCUT2D eigenvalue weighted by Crippen LogP contribution is -2.48. The van der Waals surface area contributed by atoms with Gasteiger partial charge in [0, 0.05) is 26.2 Å². The summed E-state index contributed by atoms with van der Waals surface area (Å²) in [7, 11) is 3.52. The number of hydrogen-bond donors (Lipinski definition) is 2. The molecule has 0 aliphatic rings. The van der Waals surface area contributed by atoms with Crippen molar-refractivity contribution in [1.82, 2.24) is 10.2 Å². The molecule has 17 heavy (non-hydrogen) atoms. The molecule has 0 aromatic carbocycles. The molecule has 5 nitrogen and oxygen atoms in total. The van der Waals surface area contributed by atoms with Crippen molar-refractivity contribution in [3.63, 3.8) is 0 Å². The zero-order valence-electron chi connectivity index (χ0n) is 11.7. The van der Waals surface area contributed by atoms with Crippen LogP contribution in [0.4, 0.5) is 0 Å². The van der Waals surface area contributed by atoms with Crippen molar-refractivity contribution in [3.05, 3.63) is 0 Å². The Morgan fingerprint density at radius 1 is 1.41 bits per heavy atom. The van der Waals surface area contributed by atoms with Crippen molar-refractivity contribution >= 4 is 5.91 Å². The molecule has 3 N–H and O–H groups in total. The second kappa shape index (κ2) is 8.44. The molecule has 0 radical (unpaired) electrons. The Hall–Kier alpha value is -0.650. The van der Waals surface area contributed by atoms with E-state index in [1.54, 1.807) is 7.11 Å². The van der Waals surface area contributed by atoms with Crippen molar-refractivity contribution in [2.45, 2.75) is 32.9 Å². The van der Waals surface area contributed by atoms with Gasteiger partial charge in [-0.15, -0.1) is 0 Å². The van der Waals surface area contributed by atoms with Crippen LogP contribution in [0.15, 0.2) is 0 Å². The number of rotatable bonds is 8. The number of nitrogens with one attached hydrogen (secondary N) is 1. The molecule has 1 amide bonds. The van der Waals surface area contributed by atoms with E-state index in [-0.39, 0.29) is 18.0 Å². The SMILES string of the molecule is COCC(N)CN(C)C(C)C(=O)NCC(C)C. The van der Waals surface area contributed by atoms with E-state index in [0.717, 1.165) is 0 Å². The minimum Gasteiger partial charge on any atom is -0.383 e. The minimum atomic E-state index is -0.170. The molecule has 0 aromatic rings. The van der Waals surface area contributed by atoms with E-state index in [1.165, 1.54) is 0 Å². The van der Waals surface area contributed by atoms with Crippen LogP contribution in [0.25, 0.3) is 0 Å². The third kappa shape index (κ3) is 7.31. The van der Waals surface area contributed by atoms with E-state index in [4.69, 9.17) is 10.5 Å². The van der Waals surface area contributed by atoms with E-state index in [2.05, 4.69) is 19.2 Å². The maximum absolute atomic E-state index is 11.8. The molecular weight excluding hydrogens is 218 g/mol. The molecule has 0 heterocycles. The van der Waals surface area contributed by atoms with Gasteiger partial charge in [0.2, 0.25) is 5.91 Å². The third-order valence-corrected chi connectivity index (χ3v) is 2.63. The van der Waals surface area contributed by atoms with Crippen molar-refractivity contribution in [3.8, 4) is 0 Å². The summed E-state index contributed by atoms with van der Waals surface area (Å²) in [5.41, 5.74) is 5.85. The van der Waals surface area contributed by atoms with E-state index >= 15 is 0 Å². The normalized spacial score (nSPS) is 15.1. The van der Waals surface area contributed by atoms with Crippen molar-refractivity contribution < 1.29 is 9.53 Å². The summed E-state index contributed by atoms with van der Waals surface area (Å²) in [6.07, 6.45) is 0. The van der Waals surface area contributed by atoms with E-state index in [1.807, 2.05) is 18.9 Å². The van der Waals surface area contributed by atoms with Crippen LogP contribution in [0, 0.1) is 5.92 Å². The number of amides is 1. The predicted molar refractivity (Wildman–Crippen MR) is 69.8 cm³/mol. The third-order valence-electron chi connectivity index (χ3n) is 2.63. The Bertz CT molecular complexity index is 222. The molecule has 2 unspecified atom stereocenters. The first-order valence-electron chi connectivity index (χ1n) is 6.11. The van der Waals surface area contributed by atoms with Gasteiger partial charge in [-0.1, -0.05) is 13.8 Å². The zero-order chi connectivity index (χ0) is 13.4. The monoisotopic (exact) mass is 245 g/mol. The van der Waals surface area contributed by atoms with Crippen LogP contribution in [-0.2, 0) is 9.53 Å². The highest BCUT2D eigenvalue weighted by Crippen LogP contribution is 1.98. The van der Waals surface area contributed by atoms with Gasteiger partial charge in [-0.05, 0) is 19.9 Å². The maximum atomic E-state index is 11.8. The lowest BCUT2D eigenvalue weighted by Gasteiger charge is -2.26. The largest absolute Gasteiger partial charge is 0.383 e. The maximum Gasteiger partial charge on any atom is 0.237 e. The topological polar surface area (TPSA) is 67.6 Å². The average Bonchev–Trinajstić information content (AvgIpc) is 2.24. The van der Waals surface area contributed by atoms with Gasteiger partial charge >= 0.3 is 0 Å². The summed E-state index contributed by atoms with van der Waals surface area (Å²) in [6, 6.07) is -0.234. The van der Waals surface area contributed by atoms with Gasteiger partial charge in [-0.25, -0.2) is 0 Å². The summed E-state index contributed by atoms with van der Waals surface area (Å²) in [4.78, 5) is 13.7. The summed E-state index contributed by atoms with van der Waals surface area (Å²) in [5, 5.41) is 2.92. The number of carbonyl (C=O) groups excluding carboxylic acids is 1. The lowest BCUT2D eigenvalue weighted by molar-refractivity contribution is -0.125. The smallest absolute Gasteiger partial charge is 0.237 e. The first-order valence-corrected chi connectivity index (χ1v) is 6.11. The Labute approximate surface area is 105 Å². The van der Waals surface area contributed by atoms with E-state index in [9.17, 15) is 4.79 Å². The van der Waals surface area contributed by atoms with Gasteiger partial charge in [-0.2, -0.15) is 0 Å². The number of methoxy groups -OCH3 is 1. The molecule has 0 aliphatic carbocycles. The Kier molecular flexibility index (Phi) is 8.12. The summed E-state index contributed by atoms with van der Waals surface area (Å²) >= 11 is 0. The van der Waals surface area contributed by atoms with Gasteiger partial charge < -0.3 is 15.8 Å². The molecule has 0 bridgehead atoms. The zero-order valence-corrected chi connectivity index (χ0v) is 11.7. The van der Waals surface area contributed by atoms with Gasteiger partial charge in [0.05, 0.1) is 12.6 Å². The minimum absolute atomic E-state index is 0.0471. The van der Waals surface area contributed by atoms with Crippen molar-refractivity contribution in [1.29, 1.82) is 0 Å². The van der Waals surface area contributed by atoms with Gasteiger partial charge in [0.15, 0.2) is 0 Å². The second-order valence-electron chi connectivity index (χ2n) is 4.97. The predicted octanol–water partition coefficient (Wildman–Crippen LogP) is 0.0526. The molecular formula is C12H27N3O2. The van der Waals surface area contributed by atoms with E-state index in [0.29, 0.717) is 25.6 Å². The number of ether oxygens (including phenoxy) is 1. The Morgan fingerprint density at radius 3 is 2.47 bits per heavy atom. The average molecular weight is 245 g/mol. The standard InChI is InChI=1S/C12H27N3O2/c1-9(2)6-14-12(16)10(3)15(4)7-11(13)8-17-5/h9-11H,6-8,13H2,1-5H3,(H,14,16). The molecule has 0 aromatic heterocycles. The molecule has 102 valence electrons. The van der Waals surface area contributed by atoms with Crippen LogP contribution in [-0.4, -0.2) is 56.7 Å². The molecule has 2 atom stereocenters. The number of nitrogens with two attached hydrogens (primary N) is 1. The molecule has 0 saturated heterocycles. The highest BCUT2D eigenvalue weighted by atomic mass is 16.5. The lowest BCUT2D eigenvalue weighted by atomic mass is 10.2. The quantitative estimate of drug-likeness (QED) is 0.634. The molecule has 0 spiro atoms. The fourth-order valence-electron chi connectivity index (χ4n) is 1.45. The summed E-state index contributed by atoms with van der Waals surface area (Å²) in [6.45, 7) is 7.89.